The molecule has 0 saturated carbocycles. The molecule has 1 aliphatic heterocycles. The van der Waals surface area contributed by atoms with E-state index in [0.717, 1.165) is 12.3 Å². The minimum Gasteiger partial charge on any atom is -0.411 e. The zero-order valence-electron chi connectivity index (χ0n) is 18.0. The fraction of sp³-hybridized carbons (Fsp3) is 0.273. The van der Waals surface area contributed by atoms with Crippen LogP contribution in [0.1, 0.15) is 41.7 Å². The third-order valence-corrected chi connectivity index (χ3v) is 6.38. The number of amidine groups is 1. The maximum Gasteiger partial charge on any atom is 0.333 e. The van der Waals surface area contributed by atoms with Crippen LogP contribution in [0.25, 0.3) is 5.57 Å². The Morgan fingerprint density at radius 3 is 2.74 bits per heavy atom. The summed E-state index contributed by atoms with van der Waals surface area (Å²) in [4.78, 5) is 10.8. The Morgan fingerprint density at radius 2 is 2.11 bits per heavy atom. The van der Waals surface area contributed by atoms with Gasteiger partial charge in [-0.1, -0.05) is 17.7 Å². The van der Waals surface area contributed by atoms with Crippen molar-refractivity contribution in [3.05, 3.63) is 74.8 Å². The molecular formula is C22H19ClF4N6OS. The van der Waals surface area contributed by atoms with Gasteiger partial charge in [-0.2, -0.15) is 13.9 Å². The van der Waals surface area contributed by atoms with Crippen LogP contribution in [0.5, 0.6) is 0 Å². The highest BCUT2D eigenvalue weighted by atomic mass is 35.5. The fourth-order valence-corrected chi connectivity index (χ4v) is 4.78. The van der Waals surface area contributed by atoms with E-state index in [9.17, 15) is 17.6 Å². The Balaban J connectivity index is 1.98. The second-order valence-corrected chi connectivity index (χ2v) is 8.66. The number of hydrogen-bond donors (Lipinski definition) is 1. The van der Waals surface area contributed by atoms with Crippen molar-refractivity contribution in [1.82, 2.24) is 19.7 Å². The van der Waals surface area contributed by atoms with Crippen molar-refractivity contribution in [2.24, 2.45) is 10.1 Å². The molecule has 0 fully saturated rings. The van der Waals surface area contributed by atoms with Crippen LogP contribution in [-0.2, 0) is 0 Å². The summed E-state index contributed by atoms with van der Waals surface area (Å²) in [6, 6.07) is 4.36. The van der Waals surface area contributed by atoms with Crippen LogP contribution in [0.4, 0.5) is 17.6 Å². The van der Waals surface area contributed by atoms with Crippen LogP contribution in [-0.4, -0.2) is 50.1 Å². The quantitative estimate of drug-likeness (QED) is 0.162. The molecule has 184 valence electrons. The highest BCUT2D eigenvalue weighted by Crippen LogP contribution is 2.44. The molecule has 2 aromatic heterocycles. The number of allylic oxidation sites excluding steroid dienone is 1. The summed E-state index contributed by atoms with van der Waals surface area (Å²) < 4.78 is 54.8. The summed E-state index contributed by atoms with van der Waals surface area (Å²) >= 11 is 7.69. The first-order chi connectivity index (χ1) is 16.9. The Labute approximate surface area is 206 Å². The molecule has 1 aromatic carbocycles. The molecule has 1 aliphatic rings. The monoisotopic (exact) mass is 526 g/mol. The number of oxime groups is 1. The maximum absolute atomic E-state index is 13.8. The lowest BCUT2D eigenvalue weighted by atomic mass is 9.91. The van der Waals surface area contributed by atoms with Crippen molar-refractivity contribution in [2.45, 2.75) is 25.4 Å². The second-order valence-electron chi connectivity index (χ2n) is 7.35. The van der Waals surface area contributed by atoms with Crippen LogP contribution < -0.4 is 0 Å². The molecule has 0 amide bonds. The minimum atomic E-state index is -2.87. The second kappa shape index (κ2) is 11.0. The molecule has 0 radical (unpaired) electrons. The summed E-state index contributed by atoms with van der Waals surface area (Å²) in [5.74, 6) is -0.194. The average molecular weight is 527 g/mol. The number of nitrogens with zero attached hydrogens (tertiary/aromatic N) is 6. The van der Waals surface area contributed by atoms with Crippen molar-refractivity contribution in [3.63, 3.8) is 0 Å². The fourth-order valence-electron chi connectivity index (χ4n) is 3.87. The number of halogens is 5. The zero-order valence-corrected chi connectivity index (χ0v) is 19.6. The first kappa shape index (κ1) is 24.9. The zero-order chi connectivity index (χ0) is 24.9. The van der Waals surface area contributed by atoms with E-state index in [4.69, 9.17) is 21.8 Å². The Morgan fingerprint density at radius 1 is 1.29 bits per heavy atom. The minimum absolute atomic E-state index is 0.0817. The first-order valence-corrected chi connectivity index (χ1v) is 11.7. The van der Waals surface area contributed by atoms with Gasteiger partial charge < -0.3 is 10.1 Å². The van der Waals surface area contributed by atoms with Gasteiger partial charge in [0.15, 0.2) is 10.8 Å². The van der Waals surface area contributed by atoms with E-state index in [1.165, 1.54) is 35.8 Å². The van der Waals surface area contributed by atoms with Gasteiger partial charge in [0.2, 0.25) is 0 Å². The van der Waals surface area contributed by atoms with Gasteiger partial charge in [0.1, 0.15) is 18.5 Å². The number of benzene rings is 1. The normalized spacial score (nSPS) is 16.6. The third-order valence-electron chi connectivity index (χ3n) is 5.28. The van der Waals surface area contributed by atoms with Crippen LogP contribution in [0.2, 0.25) is 5.02 Å². The molecule has 1 atom stereocenters. The van der Waals surface area contributed by atoms with Gasteiger partial charge in [-0.15, -0.1) is 16.5 Å². The summed E-state index contributed by atoms with van der Waals surface area (Å²) in [6.45, 7) is -3.70. The molecule has 3 heterocycles. The molecule has 1 N–H and O–H groups in total. The van der Waals surface area contributed by atoms with Gasteiger partial charge in [0.25, 0.3) is 0 Å². The van der Waals surface area contributed by atoms with Gasteiger partial charge in [0.05, 0.1) is 12.2 Å². The van der Waals surface area contributed by atoms with E-state index in [1.54, 1.807) is 16.5 Å². The molecule has 0 aliphatic carbocycles. The Hall–Kier alpha value is -3.25. The lowest BCUT2D eigenvalue weighted by Gasteiger charge is -2.36. The smallest absolute Gasteiger partial charge is 0.333 e. The van der Waals surface area contributed by atoms with Gasteiger partial charge >= 0.3 is 6.55 Å². The molecular weight excluding hydrogens is 508 g/mol. The van der Waals surface area contributed by atoms with Gasteiger partial charge in [-0.05, 0) is 31.0 Å². The molecule has 0 spiro atoms. The van der Waals surface area contributed by atoms with Gasteiger partial charge in [-0.3, -0.25) is 4.99 Å². The topological polar surface area (TPSA) is 78.9 Å². The van der Waals surface area contributed by atoms with Crippen LogP contribution >= 0.6 is 22.9 Å². The summed E-state index contributed by atoms with van der Waals surface area (Å²) in [5, 5.41) is 18.3. The van der Waals surface area contributed by atoms with Crippen LogP contribution in [0.3, 0.4) is 0 Å². The predicted octanol–water partition coefficient (Wildman–Crippen LogP) is 5.95. The summed E-state index contributed by atoms with van der Waals surface area (Å²) in [7, 11) is 0. The van der Waals surface area contributed by atoms with E-state index in [-0.39, 0.29) is 30.1 Å². The largest absolute Gasteiger partial charge is 0.411 e. The summed E-state index contributed by atoms with van der Waals surface area (Å²) in [5.41, 5.74) is 1.51. The van der Waals surface area contributed by atoms with E-state index in [0.29, 0.717) is 32.4 Å². The molecule has 4 rings (SSSR count). The van der Waals surface area contributed by atoms with Crippen molar-refractivity contribution in [1.29, 1.82) is 0 Å². The van der Waals surface area contributed by atoms with E-state index >= 15 is 0 Å². The standard InChI is InChI=1S/C22H19ClF4N6OS/c23-15-12-13(25)3-4-14(15)19-18(16-5-9-33(31-16)22(26)27)17(2-1-7-29-34)32(10-6-24)20(30-19)21-28-8-11-35-21/h3-5,7-9,11-12,19,22,34H,1-2,6,10H2/b29-7+/t19-/m0/s1. The van der Waals surface area contributed by atoms with E-state index in [2.05, 4.69) is 15.2 Å². The van der Waals surface area contributed by atoms with Gasteiger partial charge in [0, 0.05) is 45.8 Å². The number of thiazole rings is 1. The molecule has 0 bridgehead atoms. The molecule has 3 aromatic rings. The lowest BCUT2D eigenvalue weighted by Crippen LogP contribution is -2.37. The maximum atomic E-state index is 13.8. The number of rotatable bonds is 9. The first-order valence-electron chi connectivity index (χ1n) is 10.4. The number of alkyl halides is 3. The van der Waals surface area contributed by atoms with Crippen molar-refractivity contribution in [2.75, 3.05) is 13.2 Å². The number of hydrogen-bond acceptors (Lipinski definition) is 7. The highest BCUT2D eigenvalue weighted by molar-refractivity contribution is 7.11. The summed E-state index contributed by atoms with van der Waals surface area (Å²) in [6.07, 6.45) is 4.47. The van der Waals surface area contributed by atoms with E-state index < -0.39 is 25.1 Å². The number of aromatic nitrogens is 3. The number of aliphatic imine (C=N–C) groups is 1. The van der Waals surface area contributed by atoms with Gasteiger partial charge in [-0.25, -0.2) is 18.4 Å². The Bertz CT molecular complexity index is 1260. The molecule has 35 heavy (non-hydrogen) atoms. The third kappa shape index (κ3) is 5.22. The molecule has 13 heteroatoms. The lowest BCUT2D eigenvalue weighted by molar-refractivity contribution is 0.0564. The average Bonchev–Trinajstić information content (AvgIpc) is 3.53. The highest BCUT2D eigenvalue weighted by Gasteiger charge is 2.35. The molecule has 0 saturated heterocycles. The van der Waals surface area contributed by atoms with Crippen LogP contribution in [0.15, 0.2) is 57.9 Å². The van der Waals surface area contributed by atoms with E-state index in [1.807, 2.05) is 0 Å². The predicted molar refractivity (Wildman–Crippen MR) is 125 cm³/mol. The Kier molecular flexibility index (Phi) is 7.81. The van der Waals surface area contributed by atoms with Crippen molar-refractivity contribution in [3.8, 4) is 0 Å². The SMILES string of the molecule is O/N=C/CCC1=C(c2ccn(C(F)F)n2)[C@H](c2ccc(F)cc2Cl)N=C(c2nccs2)N1CCF. The van der Waals surface area contributed by atoms with Crippen molar-refractivity contribution >= 4 is 40.6 Å². The molecule has 7 nitrogen and oxygen atoms in total. The van der Waals surface area contributed by atoms with Crippen molar-refractivity contribution < 1.29 is 22.8 Å². The van der Waals surface area contributed by atoms with Crippen LogP contribution in [0, 0.1) is 5.82 Å². The molecule has 0 unspecified atom stereocenters.